The fraction of sp³-hybridized carbons (Fsp3) is 0.227. The molecule has 0 aliphatic heterocycles. The fourth-order valence-corrected chi connectivity index (χ4v) is 3.44. The zero-order chi connectivity index (χ0) is 22.4. The van der Waals surface area contributed by atoms with Gasteiger partial charge >= 0.3 is 5.97 Å². The number of rotatable bonds is 9. The largest absolute Gasteiger partial charge is 0.480 e. The second-order valence-electron chi connectivity index (χ2n) is 7.04. The zero-order valence-electron chi connectivity index (χ0n) is 16.5. The van der Waals surface area contributed by atoms with Gasteiger partial charge in [-0.05, 0) is 42.0 Å². The molecule has 0 saturated heterocycles. The molecule has 7 nitrogen and oxygen atoms in total. The molecule has 2 atom stereocenters. The number of H-pyrrole nitrogens is 1. The van der Waals surface area contributed by atoms with E-state index in [4.69, 9.17) is 0 Å². The van der Waals surface area contributed by atoms with E-state index in [1.165, 1.54) is 24.3 Å². The molecule has 1 heterocycles. The van der Waals surface area contributed by atoms with Crippen LogP contribution >= 0.6 is 12.6 Å². The Morgan fingerprint density at radius 2 is 1.77 bits per heavy atom. The quantitative estimate of drug-likeness (QED) is 0.327. The van der Waals surface area contributed by atoms with E-state index >= 15 is 0 Å². The summed E-state index contributed by atoms with van der Waals surface area (Å²) in [5.41, 5.74) is 1.50. The van der Waals surface area contributed by atoms with E-state index in [2.05, 4.69) is 28.2 Å². The monoisotopic (exact) mass is 443 g/mol. The molecule has 1 aromatic heterocycles. The number of hydrogen-bond donors (Lipinski definition) is 5. The van der Waals surface area contributed by atoms with E-state index in [1.807, 2.05) is 6.07 Å². The molecule has 0 radical (unpaired) electrons. The maximum absolute atomic E-state index is 13.4. The lowest BCUT2D eigenvalue weighted by atomic mass is 10.1. The van der Waals surface area contributed by atoms with Gasteiger partial charge < -0.3 is 20.7 Å². The topological polar surface area (TPSA) is 111 Å². The van der Waals surface area contributed by atoms with E-state index in [0.29, 0.717) is 16.7 Å². The molecule has 162 valence electrons. The van der Waals surface area contributed by atoms with Crippen LogP contribution in [0.5, 0.6) is 0 Å². The highest BCUT2D eigenvalue weighted by Gasteiger charge is 2.27. The summed E-state index contributed by atoms with van der Waals surface area (Å²) in [5, 5.41) is 15.1. The molecule has 0 bridgehead atoms. The number of carbonyl (C=O) groups is 3. The molecule has 0 spiro atoms. The number of hydrogen-bond acceptors (Lipinski definition) is 4. The van der Waals surface area contributed by atoms with Crippen LogP contribution in [0, 0.1) is 5.82 Å². The van der Waals surface area contributed by atoms with Gasteiger partial charge in [-0.15, -0.1) is 0 Å². The van der Waals surface area contributed by atoms with E-state index in [0.717, 1.165) is 5.56 Å². The molecule has 4 N–H and O–H groups in total. The average molecular weight is 444 g/mol. The molecule has 1 unspecified atom stereocenters. The minimum absolute atomic E-state index is 0.108. The van der Waals surface area contributed by atoms with Gasteiger partial charge in [-0.1, -0.05) is 30.3 Å². The summed E-state index contributed by atoms with van der Waals surface area (Å²) in [5.74, 6) is -2.48. The van der Waals surface area contributed by atoms with Crippen LogP contribution in [-0.2, 0) is 16.0 Å². The highest BCUT2D eigenvalue weighted by Crippen LogP contribution is 2.17. The van der Waals surface area contributed by atoms with Crippen LogP contribution in [0.3, 0.4) is 0 Å². The smallest absolute Gasteiger partial charge is 0.326 e. The first-order valence-electron chi connectivity index (χ1n) is 9.64. The van der Waals surface area contributed by atoms with Crippen LogP contribution in [0.4, 0.5) is 4.39 Å². The Morgan fingerprint density at radius 3 is 2.45 bits per heavy atom. The molecular weight excluding hydrogens is 421 g/mol. The first-order chi connectivity index (χ1) is 14.9. The molecule has 0 aliphatic carbocycles. The number of fused-ring (bicyclic) bond motifs is 1. The number of aromatic nitrogens is 1. The van der Waals surface area contributed by atoms with Crippen molar-refractivity contribution in [1.29, 1.82) is 0 Å². The van der Waals surface area contributed by atoms with Gasteiger partial charge in [-0.2, -0.15) is 12.6 Å². The lowest BCUT2D eigenvalue weighted by Crippen LogP contribution is -2.52. The summed E-state index contributed by atoms with van der Waals surface area (Å²) in [6.07, 6.45) is 0.310. The summed E-state index contributed by atoms with van der Waals surface area (Å²) >= 11 is 4.13. The maximum Gasteiger partial charge on any atom is 0.326 e. The van der Waals surface area contributed by atoms with Crippen molar-refractivity contribution in [3.8, 4) is 0 Å². The number of aliphatic carboxylic acids is 1. The third kappa shape index (κ3) is 5.85. The highest BCUT2D eigenvalue weighted by molar-refractivity contribution is 7.80. The van der Waals surface area contributed by atoms with Crippen molar-refractivity contribution in [2.24, 2.45) is 0 Å². The summed E-state index contributed by atoms with van der Waals surface area (Å²) < 4.78 is 13.4. The predicted octanol–water partition coefficient (Wildman–Crippen LogP) is 2.54. The van der Waals surface area contributed by atoms with Crippen LogP contribution in [0.15, 0.2) is 54.6 Å². The van der Waals surface area contributed by atoms with Crippen LogP contribution in [0.1, 0.15) is 22.5 Å². The van der Waals surface area contributed by atoms with Gasteiger partial charge in [-0.3, -0.25) is 9.59 Å². The molecule has 0 aliphatic rings. The van der Waals surface area contributed by atoms with Crippen molar-refractivity contribution in [1.82, 2.24) is 15.6 Å². The Kier molecular flexibility index (Phi) is 7.30. The maximum atomic E-state index is 13.4. The van der Waals surface area contributed by atoms with Crippen LogP contribution in [-0.4, -0.2) is 45.7 Å². The van der Waals surface area contributed by atoms with Gasteiger partial charge in [0.05, 0.1) is 0 Å². The van der Waals surface area contributed by atoms with Crippen molar-refractivity contribution < 1.29 is 23.9 Å². The Hall–Kier alpha value is -3.33. The first kappa shape index (κ1) is 22.4. The predicted molar refractivity (Wildman–Crippen MR) is 118 cm³/mol. The summed E-state index contributed by atoms with van der Waals surface area (Å²) in [7, 11) is 0. The number of aromatic amines is 1. The first-order valence-corrected chi connectivity index (χ1v) is 10.3. The van der Waals surface area contributed by atoms with Crippen molar-refractivity contribution in [3.63, 3.8) is 0 Å². The van der Waals surface area contributed by atoms with Crippen molar-refractivity contribution >= 4 is 41.3 Å². The number of halogens is 1. The second kappa shape index (κ2) is 10.1. The molecule has 3 aromatic rings. The Bertz CT molecular complexity index is 1090. The van der Waals surface area contributed by atoms with Crippen LogP contribution in [0.2, 0.25) is 0 Å². The summed E-state index contributed by atoms with van der Waals surface area (Å²) in [6.45, 7) is 0. The van der Waals surface area contributed by atoms with Gasteiger partial charge in [0, 0.05) is 17.3 Å². The van der Waals surface area contributed by atoms with Gasteiger partial charge in [0.15, 0.2) is 0 Å². The molecule has 31 heavy (non-hydrogen) atoms. The van der Waals surface area contributed by atoms with Crippen LogP contribution in [0.25, 0.3) is 10.9 Å². The molecule has 3 rings (SSSR count). The molecule has 9 heteroatoms. The molecule has 0 saturated carbocycles. The molecule has 2 amide bonds. The Morgan fingerprint density at radius 1 is 1.03 bits per heavy atom. The van der Waals surface area contributed by atoms with Gasteiger partial charge in [0.2, 0.25) is 5.91 Å². The number of carboxylic acids is 1. The third-order valence-corrected chi connectivity index (χ3v) is 5.02. The van der Waals surface area contributed by atoms with Crippen molar-refractivity contribution in [3.05, 3.63) is 71.7 Å². The molecular formula is C22H22FN3O4S. The second-order valence-corrected chi connectivity index (χ2v) is 7.49. The number of benzene rings is 2. The van der Waals surface area contributed by atoms with Crippen molar-refractivity contribution in [2.45, 2.75) is 24.9 Å². The zero-order valence-corrected chi connectivity index (χ0v) is 17.4. The molecule has 0 fully saturated rings. The molecule has 2 aromatic carbocycles. The third-order valence-electron chi connectivity index (χ3n) is 4.76. The minimum atomic E-state index is -1.18. The van der Waals surface area contributed by atoms with E-state index < -0.39 is 35.7 Å². The van der Waals surface area contributed by atoms with E-state index in [1.54, 1.807) is 24.3 Å². The van der Waals surface area contributed by atoms with Gasteiger partial charge in [-0.25, -0.2) is 9.18 Å². The van der Waals surface area contributed by atoms with E-state index in [-0.39, 0.29) is 18.5 Å². The lowest BCUT2D eigenvalue weighted by molar-refractivity contribution is -0.142. The summed E-state index contributed by atoms with van der Waals surface area (Å²) in [4.78, 5) is 39.9. The number of thiol groups is 1. The normalized spacial score (nSPS) is 12.8. The van der Waals surface area contributed by atoms with Crippen LogP contribution < -0.4 is 10.6 Å². The SMILES string of the molecule is O=C(NC(CCS)C(=O)N[C@H](Cc1ccccc1)C(=O)O)c1cc2cc(F)ccc2[nH]1. The Balaban J connectivity index is 1.70. The standard InChI is InChI=1S/C22H22FN3O4S/c23-15-6-7-16-14(11-15)12-18(24-16)21(28)25-17(8-9-31)20(27)26-19(22(29)30)10-13-4-2-1-3-5-13/h1-7,11-12,17,19,24,31H,8-10H2,(H,25,28)(H,26,27)(H,29,30)/t17?,19-/m1/s1. The highest BCUT2D eigenvalue weighted by atomic mass is 32.1. The lowest BCUT2D eigenvalue weighted by Gasteiger charge is -2.21. The number of carboxylic acid groups (broad SMARTS) is 1. The fourth-order valence-electron chi connectivity index (χ4n) is 3.18. The number of amides is 2. The average Bonchev–Trinajstić information content (AvgIpc) is 3.17. The van der Waals surface area contributed by atoms with E-state index in [9.17, 15) is 23.9 Å². The number of nitrogens with one attached hydrogen (secondary N) is 3. The number of carbonyl (C=O) groups excluding carboxylic acids is 2. The van der Waals surface area contributed by atoms with Gasteiger partial charge in [0.1, 0.15) is 23.6 Å². The Labute approximate surface area is 183 Å². The minimum Gasteiger partial charge on any atom is -0.480 e. The summed E-state index contributed by atoms with van der Waals surface area (Å²) in [6, 6.07) is 12.4. The van der Waals surface area contributed by atoms with Gasteiger partial charge in [0.25, 0.3) is 5.91 Å². The van der Waals surface area contributed by atoms with Crippen molar-refractivity contribution in [2.75, 3.05) is 5.75 Å².